The minimum absolute atomic E-state index is 0.495. The van der Waals surface area contributed by atoms with E-state index in [0.717, 1.165) is 48.9 Å². The molecule has 0 saturated carbocycles. The van der Waals surface area contributed by atoms with Crippen molar-refractivity contribution < 1.29 is 4.42 Å². The molecule has 25 heavy (non-hydrogen) atoms. The number of furan rings is 1. The number of likely N-dealkylation sites (N-methyl/N-ethyl adjacent to an activating group) is 2. The van der Waals surface area contributed by atoms with E-state index in [9.17, 15) is 0 Å². The van der Waals surface area contributed by atoms with Crippen molar-refractivity contribution in [3.63, 3.8) is 0 Å². The van der Waals surface area contributed by atoms with Gasteiger partial charge in [-0.25, -0.2) is 0 Å². The van der Waals surface area contributed by atoms with E-state index in [4.69, 9.17) is 4.42 Å². The first-order valence-corrected chi connectivity index (χ1v) is 8.85. The van der Waals surface area contributed by atoms with Gasteiger partial charge in [0.25, 0.3) is 0 Å². The molecular formula is C19H29N5O. The number of aliphatic imine (C=N–C) groups is 1. The van der Waals surface area contributed by atoms with Crippen molar-refractivity contribution in [2.75, 3.05) is 54.4 Å². The monoisotopic (exact) mass is 343 g/mol. The molecule has 0 bridgehead atoms. The van der Waals surface area contributed by atoms with Crippen LogP contribution >= 0.6 is 0 Å². The van der Waals surface area contributed by atoms with Gasteiger partial charge < -0.3 is 19.5 Å². The molecule has 1 unspecified atom stereocenters. The van der Waals surface area contributed by atoms with E-state index < -0.39 is 0 Å². The summed E-state index contributed by atoms with van der Waals surface area (Å²) in [4.78, 5) is 11.3. The fraction of sp³-hybridized carbons (Fsp3) is 0.526. The fourth-order valence-electron chi connectivity index (χ4n) is 3.34. The standard InChI is InChI=1S/C19H29N5O/c1-20-19(21-12-16-13-22(2)9-10-23(16)3)24(4)14-17-11-15-7-5-6-8-18(15)25-17/h5-8,11,16H,9-10,12-14H2,1-4H3,(H,20,21). The maximum Gasteiger partial charge on any atom is 0.193 e. The molecule has 0 radical (unpaired) electrons. The van der Waals surface area contributed by atoms with Crippen molar-refractivity contribution in [3.8, 4) is 0 Å². The van der Waals surface area contributed by atoms with Crippen LogP contribution in [0.1, 0.15) is 5.76 Å². The number of para-hydroxylation sites is 1. The Bertz CT molecular complexity index is 692. The molecule has 0 aliphatic carbocycles. The Morgan fingerprint density at radius 1 is 1.32 bits per heavy atom. The Morgan fingerprint density at radius 2 is 2.12 bits per heavy atom. The smallest absolute Gasteiger partial charge is 0.193 e. The van der Waals surface area contributed by atoms with Crippen LogP contribution in [0.3, 0.4) is 0 Å². The van der Waals surface area contributed by atoms with Crippen LogP contribution in [0.2, 0.25) is 0 Å². The van der Waals surface area contributed by atoms with Gasteiger partial charge in [0.2, 0.25) is 0 Å². The lowest BCUT2D eigenvalue weighted by Crippen LogP contribution is -2.55. The van der Waals surface area contributed by atoms with Crippen molar-refractivity contribution in [3.05, 3.63) is 36.1 Å². The van der Waals surface area contributed by atoms with E-state index >= 15 is 0 Å². The lowest BCUT2D eigenvalue weighted by Gasteiger charge is -2.38. The van der Waals surface area contributed by atoms with Gasteiger partial charge in [-0.15, -0.1) is 0 Å². The zero-order valence-electron chi connectivity index (χ0n) is 15.7. The largest absolute Gasteiger partial charge is 0.459 e. The second kappa shape index (κ2) is 7.89. The van der Waals surface area contributed by atoms with Gasteiger partial charge in [0.05, 0.1) is 6.54 Å². The molecule has 6 nitrogen and oxygen atoms in total. The molecule has 1 aliphatic rings. The van der Waals surface area contributed by atoms with Gasteiger partial charge in [-0.1, -0.05) is 18.2 Å². The van der Waals surface area contributed by atoms with Crippen LogP contribution in [0.4, 0.5) is 0 Å². The van der Waals surface area contributed by atoms with Crippen LogP contribution in [0, 0.1) is 0 Å². The third-order valence-electron chi connectivity index (χ3n) is 4.92. The highest BCUT2D eigenvalue weighted by Gasteiger charge is 2.22. The summed E-state index contributed by atoms with van der Waals surface area (Å²) in [5.41, 5.74) is 0.931. The summed E-state index contributed by atoms with van der Waals surface area (Å²) in [7, 11) is 8.25. The van der Waals surface area contributed by atoms with Gasteiger partial charge in [-0.3, -0.25) is 9.89 Å². The molecule has 1 atom stereocenters. The lowest BCUT2D eigenvalue weighted by molar-refractivity contribution is 0.116. The number of nitrogens with zero attached hydrogens (tertiary/aromatic N) is 4. The molecule has 0 spiro atoms. The van der Waals surface area contributed by atoms with Crippen LogP contribution in [0.5, 0.6) is 0 Å². The first-order valence-electron chi connectivity index (χ1n) is 8.85. The minimum Gasteiger partial charge on any atom is -0.459 e. The molecule has 6 heteroatoms. The van der Waals surface area contributed by atoms with E-state index in [-0.39, 0.29) is 0 Å². The molecule has 1 saturated heterocycles. The van der Waals surface area contributed by atoms with Crippen molar-refractivity contribution in [1.82, 2.24) is 20.0 Å². The Morgan fingerprint density at radius 3 is 2.88 bits per heavy atom. The third kappa shape index (κ3) is 4.32. The van der Waals surface area contributed by atoms with Gasteiger partial charge in [-0.2, -0.15) is 0 Å². The molecule has 1 aliphatic heterocycles. The van der Waals surface area contributed by atoms with Crippen molar-refractivity contribution >= 4 is 16.9 Å². The summed E-state index contributed by atoms with van der Waals surface area (Å²) in [5, 5.41) is 4.65. The maximum atomic E-state index is 5.92. The zero-order valence-corrected chi connectivity index (χ0v) is 15.7. The zero-order chi connectivity index (χ0) is 17.8. The van der Waals surface area contributed by atoms with Crippen LogP contribution in [0.15, 0.2) is 39.7 Å². The molecule has 3 rings (SSSR count). The normalized spacial score (nSPS) is 20.2. The van der Waals surface area contributed by atoms with E-state index in [1.807, 2.05) is 32.3 Å². The Kier molecular flexibility index (Phi) is 5.60. The summed E-state index contributed by atoms with van der Waals surface area (Å²) < 4.78 is 5.92. The SMILES string of the molecule is CN=C(NCC1CN(C)CCN1C)N(C)Cc1cc2ccccc2o1. The number of hydrogen-bond acceptors (Lipinski definition) is 4. The molecule has 2 aromatic rings. The molecule has 2 heterocycles. The quantitative estimate of drug-likeness (QED) is 0.676. The molecule has 1 aromatic carbocycles. The molecule has 1 aromatic heterocycles. The Balaban J connectivity index is 1.58. The lowest BCUT2D eigenvalue weighted by atomic mass is 10.2. The van der Waals surface area contributed by atoms with Gasteiger partial charge in [0, 0.05) is 51.7 Å². The summed E-state index contributed by atoms with van der Waals surface area (Å²) in [6.45, 7) is 4.89. The number of rotatable bonds is 4. The predicted molar refractivity (Wildman–Crippen MR) is 103 cm³/mol. The van der Waals surface area contributed by atoms with E-state index in [1.165, 1.54) is 0 Å². The van der Waals surface area contributed by atoms with Crippen molar-refractivity contribution in [1.29, 1.82) is 0 Å². The first-order chi connectivity index (χ1) is 12.1. The van der Waals surface area contributed by atoms with Gasteiger partial charge in [0.1, 0.15) is 11.3 Å². The number of fused-ring (bicyclic) bond motifs is 1. The molecule has 136 valence electrons. The van der Waals surface area contributed by atoms with Crippen LogP contribution in [-0.4, -0.2) is 81.1 Å². The predicted octanol–water partition coefficient (Wildman–Crippen LogP) is 1.69. The minimum atomic E-state index is 0.495. The second-order valence-corrected chi connectivity index (χ2v) is 6.93. The fourth-order valence-corrected chi connectivity index (χ4v) is 3.34. The molecule has 1 N–H and O–H groups in total. The number of piperazine rings is 1. The first kappa shape index (κ1) is 17.8. The average Bonchev–Trinajstić information content (AvgIpc) is 3.00. The molecular weight excluding hydrogens is 314 g/mol. The second-order valence-electron chi connectivity index (χ2n) is 6.93. The van der Waals surface area contributed by atoms with Crippen molar-refractivity contribution in [2.45, 2.75) is 12.6 Å². The molecule has 0 amide bonds. The van der Waals surface area contributed by atoms with E-state index in [2.05, 4.69) is 51.2 Å². The van der Waals surface area contributed by atoms with Crippen molar-refractivity contribution in [2.24, 2.45) is 4.99 Å². The van der Waals surface area contributed by atoms with Gasteiger partial charge in [-0.05, 0) is 26.2 Å². The highest BCUT2D eigenvalue weighted by Crippen LogP contribution is 2.19. The number of nitrogens with one attached hydrogen (secondary N) is 1. The van der Waals surface area contributed by atoms with E-state index in [1.54, 1.807) is 0 Å². The Hall–Kier alpha value is -2.05. The summed E-state index contributed by atoms with van der Waals surface area (Å²) in [5.74, 6) is 1.84. The number of hydrogen-bond donors (Lipinski definition) is 1. The van der Waals surface area contributed by atoms with Crippen LogP contribution in [-0.2, 0) is 6.54 Å². The van der Waals surface area contributed by atoms with E-state index in [0.29, 0.717) is 12.6 Å². The van der Waals surface area contributed by atoms with Crippen LogP contribution < -0.4 is 5.32 Å². The Labute approximate surface area is 150 Å². The van der Waals surface area contributed by atoms with Gasteiger partial charge in [0.15, 0.2) is 5.96 Å². The van der Waals surface area contributed by atoms with Crippen LogP contribution in [0.25, 0.3) is 11.0 Å². The highest BCUT2D eigenvalue weighted by atomic mass is 16.3. The molecule has 1 fully saturated rings. The topological polar surface area (TPSA) is 47.3 Å². The number of guanidine groups is 1. The maximum absolute atomic E-state index is 5.92. The average molecular weight is 343 g/mol. The summed E-state index contributed by atoms with van der Waals surface area (Å²) >= 11 is 0. The highest BCUT2D eigenvalue weighted by molar-refractivity contribution is 5.80. The summed E-state index contributed by atoms with van der Waals surface area (Å²) in [6, 6.07) is 10.7. The third-order valence-corrected chi connectivity index (χ3v) is 4.92. The number of benzene rings is 1. The van der Waals surface area contributed by atoms with Gasteiger partial charge >= 0.3 is 0 Å². The summed E-state index contributed by atoms with van der Waals surface area (Å²) in [6.07, 6.45) is 0.